The first-order valence-corrected chi connectivity index (χ1v) is 10.0. The summed E-state index contributed by atoms with van der Waals surface area (Å²) in [6.45, 7) is 6.95. The van der Waals surface area contributed by atoms with E-state index in [1.54, 1.807) is 0 Å². The molecule has 1 aromatic carbocycles. The van der Waals surface area contributed by atoms with Crippen molar-refractivity contribution in [3.63, 3.8) is 0 Å². The molecule has 1 aliphatic carbocycles. The highest BCUT2D eigenvalue weighted by Gasteiger charge is 2.24. The van der Waals surface area contributed by atoms with Crippen molar-refractivity contribution in [2.75, 3.05) is 6.54 Å². The fraction of sp³-hybridized carbons (Fsp3) is 0.545. The fourth-order valence-corrected chi connectivity index (χ4v) is 4.38. The number of hydrogen-bond acceptors (Lipinski definition) is 3. The van der Waals surface area contributed by atoms with Gasteiger partial charge in [-0.05, 0) is 49.8 Å². The number of aromatic amines is 1. The molecule has 0 unspecified atom stereocenters. The normalized spacial score (nSPS) is 18.7. The van der Waals surface area contributed by atoms with Crippen LogP contribution in [-0.2, 0) is 19.5 Å². The number of benzene rings is 1. The summed E-state index contributed by atoms with van der Waals surface area (Å²) < 4.78 is 0. The van der Waals surface area contributed by atoms with E-state index in [2.05, 4.69) is 41.9 Å². The summed E-state index contributed by atoms with van der Waals surface area (Å²) in [7, 11) is 0. The second-order valence-electron chi connectivity index (χ2n) is 8.09. The molecule has 2 aliphatic rings. The van der Waals surface area contributed by atoms with Crippen molar-refractivity contribution in [2.24, 2.45) is 0 Å². The van der Waals surface area contributed by atoms with Crippen LogP contribution in [0.25, 0.3) is 0 Å². The predicted octanol–water partition coefficient (Wildman–Crippen LogP) is 3.99. The second kappa shape index (κ2) is 7.36. The Hall–Kier alpha value is -1.94. The maximum absolute atomic E-state index is 12.6. The van der Waals surface area contributed by atoms with Gasteiger partial charge in [0.1, 0.15) is 5.82 Å². The highest BCUT2D eigenvalue weighted by atomic mass is 16.1. The van der Waals surface area contributed by atoms with Gasteiger partial charge >= 0.3 is 0 Å². The van der Waals surface area contributed by atoms with Crippen molar-refractivity contribution < 1.29 is 0 Å². The standard InChI is InChI=1S/C22H29N3O/c1-15-8-9-17(12-16(15)2)13-25-11-10-19-20(14-25)23-21(24-22(19)26)18-6-4-3-5-7-18/h8-9,12,18H,3-7,10-11,13-14H2,1-2H3,(H,23,24,26). The Bertz CT molecular complexity index is 849. The summed E-state index contributed by atoms with van der Waals surface area (Å²) in [5.41, 5.74) is 6.03. The fourth-order valence-electron chi connectivity index (χ4n) is 4.38. The van der Waals surface area contributed by atoms with Gasteiger partial charge in [0, 0.05) is 31.1 Å². The van der Waals surface area contributed by atoms with Crippen LogP contribution in [0.4, 0.5) is 0 Å². The molecule has 1 N–H and O–H groups in total. The van der Waals surface area contributed by atoms with Gasteiger partial charge in [-0.3, -0.25) is 9.69 Å². The molecule has 2 heterocycles. The third-order valence-electron chi connectivity index (χ3n) is 6.14. The lowest BCUT2D eigenvalue weighted by molar-refractivity contribution is 0.239. The molecule has 26 heavy (non-hydrogen) atoms. The zero-order valence-electron chi connectivity index (χ0n) is 16.0. The Balaban J connectivity index is 1.54. The first-order valence-electron chi connectivity index (χ1n) is 10.0. The van der Waals surface area contributed by atoms with Gasteiger partial charge in [0.05, 0.1) is 5.69 Å². The summed E-state index contributed by atoms with van der Waals surface area (Å²) in [5.74, 6) is 1.37. The number of rotatable bonds is 3. The molecule has 0 radical (unpaired) electrons. The van der Waals surface area contributed by atoms with Crippen LogP contribution in [0.5, 0.6) is 0 Å². The third kappa shape index (κ3) is 3.61. The second-order valence-corrected chi connectivity index (χ2v) is 8.09. The first-order chi connectivity index (χ1) is 12.6. The highest BCUT2D eigenvalue weighted by molar-refractivity contribution is 5.30. The highest BCUT2D eigenvalue weighted by Crippen LogP contribution is 2.31. The number of H-pyrrole nitrogens is 1. The average molecular weight is 351 g/mol. The van der Waals surface area contributed by atoms with Crippen LogP contribution in [0.1, 0.15) is 71.8 Å². The molecular weight excluding hydrogens is 322 g/mol. The number of aryl methyl sites for hydroxylation is 2. The molecule has 138 valence electrons. The van der Waals surface area contributed by atoms with Gasteiger partial charge in [-0.1, -0.05) is 37.5 Å². The third-order valence-corrected chi connectivity index (χ3v) is 6.14. The lowest BCUT2D eigenvalue weighted by atomic mass is 9.88. The predicted molar refractivity (Wildman–Crippen MR) is 104 cm³/mol. The van der Waals surface area contributed by atoms with Gasteiger partial charge in [-0.2, -0.15) is 0 Å². The molecule has 4 heteroatoms. The number of fused-ring (bicyclic) bond motifs is 1. The van der Waals surface area contributed by atoms with Gasteiger partial charge < -0.3 is 4.98 Å². The molecule has 0 spiro atoms. The van der Waals surface area contributed by atoms with E-state index in [4.69, 9.17) is 4.98 Å². The van der Waals surface area contributed by atoms with Gasteiger partial charge in [-0.25, -0.2) is 4.98 Å². The molecule has 0 saturated heterocycles. The van der Waals surface area contributed by atoms with Crippen LogP contribution >= 0.6 is 0 Å². The van der Waals surface area contributed by atoms with Crippen molar-refractivity contribution >= 4 is 0 Å². The molecule has 1 aliphatic heterocycles. The van der Waals surface area contributed by atoms with Gasteiger partial charge in [0.2, 0.25) is 0 Å². The maximum atomic E-state index is 12.6. The van der Waals surface area contributed by atoms with Crippen LogP contribution in [0, 0.1) is 13.8 Å². The topological polar surface area (TPSA) is 49.0 Å². The van der Waals surface area contributed by atoms with E-state index in [9.17, 15) is 4.79 Å². The van der Waals surface area contributed by atoms with Crippen LogP contribution in [0.15, 0.2) is 23.0 Å². The summed E-state index contributed by atoms with van der Waals surface area (Å²) in [6, 6.07) is 6.70. The zero-order chi connectivity index (χ0) is 18.1. The molecule has 1 aromatic heterocycles. The van der Waals surface area contributed by atoms with Crippen molar-refractivity contribution in [3.05, 3.63) is 62.3 Å². The molecule has 0 bridgehead atoms. The van der Waals surface area contributed by atoms with Crippen LogP contribution < -0.4 is 5.56 Å². The van der Waals surface area contributed by atoms with E-state index in [0.717, 1.165) is 56.0 Å². The quantitative estimate of drug-likeness (QED) is 0.909. The Morgan fingerprint density at radius 3 is 2.73 bits per heavy atom. The molecule has 0 atom stereocenters. The van der Waals surface area contributed by atoms with E-state index in [1.165, 1.54) is 36.0 Å². The maximum Gasteiger partial charge on any atom is 0.254 e. The molecule has 0 amide bonds. The first kappa shape index (κ1) is 17.5. The van der Waals surface area contributed by atoms with Gasteiger partial charge in [0.25, 0.3) is 5.56 Å². The Morgan fingerprint density at radius 1 is 1.15 bits per heavy atom. The summed E-state index contributed by atoms with van der Waals surface area (Å²) >= 11 is 0. The molecular formula is C22H29N3O. The largest absolute Gasteiger partial charge is 0.310 e. The summed E-state index contributed by atoms with van der Waals surface area (Å²) in [6.07, 6.45) is 6.94. The molecule has 1 saturated carbocycles. The Morgan fingerprint density at radius 2 is 1.96 bits per heavy atom. The van der Waals surface area contributed by atoms with Crippen molar-refractivity contribution in [3.8, 4) is 0 Å². The van der Waals surface area contributed by atoms with E-state index in [-0.39, 0.29) is 5.56 Å². The number of nitrogens with one attached hydrogen (secondary N) is 1. The minimum atomic E-state index is 0.0985. The van der Waals surface area contributed by atoms with Crippen LogP contribution in [-0.4, -0.2) is 21.4 Å². The van der Waals surface area contributed by atoms with E-state index in [1.807, 2.05) is 0 Å². The lowest BCUT2D eigenvalue weighted by Gasteiger charge is -2.29. The molecule has 4 nitrogen and oxygen atoms in total. The van der Waals surface area contributed by atoms with Crippen molar-refractivity contribution in [1.29, 1.82) is 0 Å². The molecule has 4 rings (SSSR count). The molecule has 1 fully saturated rings. The zero-order valence-corrected chi connectivity index (χ0v) is 16.0. The molecule has 2 aromatic rings. The SMILES string of the molecule is Cc1ccc(CN2CCc3c(nc(C4CCCCC4)[nH]c3=O)C2)cc1C. The van der Waals surface area contributed by atoms with Crippen molar-refractivity contribution in [1.82, 2.24) is 14.9 Å². The lowest BCUT2D eigenvalue weighted by Crippen LogP contribution is -2.35. The van der Waals surface area contributed by atoms with Crippen molar-refractivity contribution in [2.45, 2.75) is 71.4 Å². The number of hydrogen-bond donors (Lipinski definition) is 1. The summed E-state index contributed by atoms with van der Waals surface area (Å²) in [4.78, 5) is 23.0. The monoisotopic (exact) mass is 351 g/mol. The van der Waals surface area contributed by atoms with Crippen LogP contribution in [0.3, 0.4) is 0 Å². The van der Waals surface area contributed by atoms with E-state index < -0.39 is 0 Å². The van der Waals surface area contributed by atoms with Crippen LogP contribution in [0.2, 0.25) is 0 Å². The minimum absolute atomic E-state index is 0.0985. The number of nitrogens with zero attached hydrogens (tertiary/aromatic N) is 2. The van der Waals surface area contributed by atoms with E-state index in [0.29, 0.717) is 5.92 Å². The smallest absolute Gasteiger partial charge is 0.254 e. The Kier molecular flexibility index (Phi) is 4.94. The Labute approximate surface area is 155 Å². The van der Waals surface area contributed by atoms with E-state index >= 15 is 0 Å². The van der Waals surface area contributed by atoms with Gasteiger partial charge in [-0.15, -0.1) is 0 Å². The van der Waals surface area contributed by atoms with Gasteiger partial charge in [0.15, 0.2) is 0 Å². The number of aromatic nitrogens is 2. The average Bonchev–Trinajstić information content (AvgIpc) is 2.65. The minimum Gasteiger partial charge on any atom is -0.310 e. The summed E-state index contributed by atoms with van der Waals surface area (Å²) in [5, 5.41) is 0.